The molecule has 2 unspecified atom stereocenters. The minimum absolute atomic E-state index is 0.0262. The Morgan fingerprint density at radius 3 is 2.43 bits per heavy atom. The van der Waals surface area contributed by atoms with Crippen LogP contribution in [0, 0.1) is 5.41 Å². The number of carbonyl (C=O) groups excluding carboxylic acids is 1. The first-order chi connectivity index (χ1) is 13.1. The molecule has 0 fully saturated rings. The SMILES string of the molecule is COc1cc2c(cc1OC)C(=O)C(Br)C(C)(CCC1=C(C)CCCC1(C)C)O2. The second kappa shape index (κ2) is 7.74. The van der Waals surface area contributed by atoms with Gasteiger partial charge in [-0.3, -0.25) is 4.79 Å². The third kappa shape index (κ3) is 3.70. The van der Waals surface area contributed by atoms with Crippen molar-refractivity contribution in [1.29, 1.82) is 0 Å². The van der Waals surface area contributed by atoms with E-state index in [9.17, 15) is 4.79 Å². The van der Waals surface area contributed by atoms with Gasteiger partial charge in [0.1, 0.15) is 16.2 Å². The maximum Gasteiger partial charge on any atom is 0.184 e. The molecule has 0 saturated carbocycles. The molecule has 0 N–H and O–H groups in total. The van der Waals surface area contributed by atoms with Crippen molar-refractivity contribution < 1.29 is 19.0 Å². The van der Waals surface area contributed by atoms with Gasteiger partial charge in [-0.1, -0.05) is 40.9 Å². The van der Waals surface area contributed by atoms with Crippen molar-refractivity contribution in [3.8, 4) is 17.2 Å². The molecule has 0 aromatic heterocycles. The molecule has 1 aliphatic heterocycles. The van der Waals surface area contributed by atoms with Crippen molar-refractivity contribution in [3.63, 3.8) is 0 Å². The van der Waals surface area contributed by atoms with E-state index in [0.29, 0.717) is 22.8 Å². The number of ketones is 1. The number of fused-ring (bicyclic) bond motifs is 1. The largest absolute Gasteiger partial charge is 0.493 e. The molecule has 1 aromatic rings. The van der Waals surface area contributed by atoms with Crippen LogP contribution in [-0.4, -0.2) is 30.4 Å². The van der Waals surface area contributed by atoms with E-state index >= 15 is 0 Å². The van der Waals surface area contributed by atoms with Gasteiger partial charge in [0.2, 0.25) is 0 Å². The van der Waals surface area contributed by atoms with Gasteiger partial charge in [-0.05, 0) is 57.4 Å². The summed E-state index contributed by atoms with van der Waals surface area (Å²) < 4.78 is 17.2. The van der Waals surface area contributed by atoms with Gasteiger partial charge < -0.3 is 14.2 Å². The van der Waals surface area contributed by atoms with Crippen molar-refractivity contribution >= 4 is 21.7 Å². The third-order valence-corrected chi connectivity index (χ3v) is 7.80. The predicted molar refractivity (Wildman–Crippen MR) is 115 cm³/mol. The molecule has 0 saturated heterocycles. The Kier molecular flexibility index (Phi) is 5.86. The number of halogens is 1. The smallest absolute Gasteiger partial charge is 0.184 e. The molecule has 5 heteroatoms. The molecule has 0 bridgehead atoms. The number of ether oxygens (including phenoxy) is 3. The highest BCUT2D eigenvalue weighted by Gasteiger charge is 2.46. The zero-order valence-electron chi connectivity index (χ0n) is 17.8. The Labute approximate surface area is 176 Å². The number of rotatable bonds is 5. The van der Waals surface area contributed by atoms with E-state index in [1.807, 2.05) is 6.92 Å². The fourth-order valence-corrected chi connectivity index (χ4v) is 5.20. The molecule has 4 nitrogen and oxygen atoms in total. The van der Waals surface area contributed by atoms with Crippen LogP contribution in [0.25, 0.3) is 0 Å². The average Bonchev–Trinajstić information content (AvgIpc) is 2.64. The summed E-state index contributed by atoms with van der Waals surface area (Å²) in [6, 6.07) is 3.47. The highest BCUT2D eigenvalue weighted by Crippen LogP contribution is 2.47. The van der Waals surface area contributed by atoms with Crippen molar-refractivity contribution in [2.24, 2.45) is 5.41 Å². The van der Waals surface area contributed by atoms with E-state index < -0.39 is 10.4 Å². The van der Waals surface area contributed by atoms with Gasteiger partial charge >= 0.3 is 0 Å². The summed E-state index contributed by atoms with van der Waals surface area (Å²) in [7, 11) is 3.15. The molecule has 28 heavy (non-hydrogen) atoms. The van der Waals surface area contributed by atoms with Crippen LogP contribution in [0.3, 0.4) is 0 Å². The number of methoxy groups -OCH3 is 2. The van der Waals surface area contributed by atoms with E-state index in [1.54, 1.807) is 26.4 Å². The highest BCUT2D eigenvalue weighted by atomic mass is 79.9. The fraction of sp³-hybridized carbons (Fsp3) is 0.609. The van der Waals surface area contributed by atoms with E-state index in [2.05, 4.69) is 36.7 Å². The van der Waals surface area contributed by atoms with Crippen LogP contribution in [-0.2, 0) is 0 Å². The first-order valence-corrected chi connectivity index (χ1v) is 10.9. The van der Waals surface area contributed by atoms with Crippen LogP contribution < -0.4 is 14.2 Å². The zero-order valence-corrected chi connectivity index (χ0v) is 19.4. The molecular formula is C23H31BrO4. The Hall–Kier alpha value is -1.49. The number of carbonyl (C=O) groups is 1. The number of Topliss-reactive ketones (excluding diaryl/α,β-unsaturated/α-hetero) is 1. The number of allylic oxidation sites excluding steroid dienone is 2. The van der Waals surface area contributed by atoms with Crippen LogP contribution in [0.15, 0.2) is 23.3 Å². The molecule has 0 radical (unpaired) electrons. The number of hydrogen-bond acceptors (Lipinski definition) is 4. The molecule has 3 rings (SSSR count). The van der Waals surface area contributed by atoms with Crippen molar-refractivity contribution in [2.45, 2.75) is 70.2 Å². The van der Waals surface area contributed by atoms with Crippen LogP contribution >= 0.6 is 15.9 Å². The third-order valence-electron chi connectivity index (χ3n) is 6.42. The van der Waals surface area contributed by atoms with Gasteiger partial charge in [0, 0.05) is 6.07 Å². The number of hydrogen-bond donors (Lipinski definition) is 0. The van der Waals surface area contributed by atoms with Gasteiger partial charge in [-0.2, -0.15) is 0 Å². The minimum Gasteiger partial charge on any atom is -0.493 e. The molecular weight excluding hydrogens is 420 g/mol. The van der Waals surface area contributed by atoms with Crippen molar-refractivity contribution in [1.82, 2.24) is 0 Å². The molecule has 0 spiro atoms. The summed E-state index contributed by atoms with van der Waals surface area (Å²) >= 11 is 3.63. The maximum absolute atomic E-state index is 13.1. The van der Waals surface area contributed by atoms with Crippen molar-refractivity contribution in [3.05, 3.63) is 28.8 Å². The van der Waals surface area contributed by atoms with Crippen LogP contribution in [0.4, 0.5) is 0 Å². The second-order valence-corrected chi connectivity index (χ2v) is 9.76. The Morgan fingerprint density at radius 1 is 1.18 bits per heavy atom. The van der Waals surface area contributed by atoms with E-state index in [1.165, 1.54) is 30.4 Å². The van der Waals surface area contributed by atoms with Crippen molar-refractivity contribution in [2.75, 3.05) is 14.2 Å². The molecule has 154 valence electrons. The summed E-state index contributed by atoms with van der Waals surface area (Å²) in [4.78, 5) is 12.7. The molecule has 2 aliphatic rings. The lowest BCUT2D eigenvalue weighted by Gasteiger charge is -2.41. The first-order valence-electron chi connectivity index (χ1n) is 9.95. The van der Waals surface area contributed by atoms with Crippen LogP contribution in [0.5, 0.6) is 17.2 Å². The quantitative estimate of drug-likeness (QED) is 0.400. The van der Waals surface area contributed by atoms with Gasteiger partial charge in [0.15, 0.2) is 17.3 Å². The fourth-order valence-electron chi connectivity index (χ4n) is 4.63. The summed E-state index contributed by atoms with van der Waals surface area (Å²) in [6.07, 6.45) is 5.36. The number of benzene rings is 1. The monoisotopic (exact) mass is 450 g/mol. The standard InChI is InChI=1S/C23H31BrO4/c1-14-8-7-10-22(2,3)16(14)9-11-23(4)21(24)20(25)15-12-18(26-5)19(27-6)13-17(15)28-23/h12-13,21H,7-11H2,1-6H3. The predicted octanol–water partition coefficient (Wildman–Crippen LogP) is 6.11. The van der Waals surface area contributed by atoms with Crippen LogP contribution in [0.1, 0.15) is 70.2 Å². The molecule has 0 amide bonds. The molecule has 1 aliphatic carbocycles. The molecule has 1 heterocycles. The summed E-state index contributed by atoms with van der Waals surface area (Å²) in [5.41, 5.74) is 3.15. The zero-order chi connectivity index (χ0) is 20.7. The Bertz CT molecular complexity index is 811. The summed E-state index contributed by atoms with van der Waals surface area (Å²) in [5, 5.41) is 0. The van der Waals surface area contributed by atoms with Gasteiger partial charge in [-0.15, -0.1) is 0 Å². The van der Waals surface area contributed by atoms with Gasteiger partial charge in [0.05, 0.1) is 19.8 Å². The average molecular weight is 451 g/mol. The lowest BCUT2D eigenvalue weighted by molar-refractivity contribution is 0.0516. The number of alkyl halides is 1. The highest BCUT2D eigenvalue weighted by molar-refractivity contribution is 9.10. The van der Waals surface area contributed by atoms with E-state index in [-0.39, 0.29) is 11.2 Å². The lowest BCUT2D eigenvalue weighted by atomic mass is 9.70. The van der Waals surface area contributed by atoms with Gasteiger partial charge in [-0.25, -0.2) is 0 Å². The Morgan fingerprint density at radius 2 is 1.82 bits per heavy atom. The van der Waals surface area contributed by atoms with E-state index in [0.717, 1.165) is 12.8 Å². The van der Waals surface area contributed by atoms with E-state index in [4.69, 9.17) is 14.2 Å². The minimum atomic E-state index is -0.621. The summed E-state index contributed by atoms with van der Waals surface area (Å²) in [6.45, 7) is 8.94. The summed E-state index contributed by atoms with van der Waals surface area (Å²) in [5.74, 6) is 1.69. The first kappa shape index (κ1) is 21.2. The molecule has 2 atom stereocenters. The van der Waals surface area contributed by atoms with Crippen LogP contribution in [0.2, 0.25) is 0 Å². The Balaban J connectivity index is 1.90. The molecule has 1 aromatic carbocycles. The second-order valence-electron chi connectivity index (χ2n) is 8.84. The topological polar surface area (TPSA) is 44.8 Å². The lowest BCUT2D eigenvalue weighted by Crippen LogP contribution is -2.49. The van der Waals surface area contributed by atoms with Gasteiger partial charge in [0.25, 0.3) is 0 Å². The maximum atomic E-state index is 13.1. The normalized spacial score (nSPS) is 26.5.